The van der Waals surface area contributed by atoms with E-state index in [2.05, 4.69) is 22.2 Å². The average Bonchev–Trinajstić information content (AvgIpc) is 2.50. The molecule has 1 aliphatic heterocycles. The maximum absolute atomic E-state index is 11.9. The molecule has 22 heavy (non-hydrogen) atoms. The van der Waals surface area contributed by atoms with Gasteiger partial charge in [0.2, 0.25) is 11.8 Å². The molecule has 5 nitrogen and oxygen atoms in total. The van der Waals surface area contributed by atoms with E-state index in [-0.39, 0.29) is 11.8 Å². The molecule has 2 aromatic rings. The van der Waals surface area contributed by atoms with Crippen LogP contribution in [0.1, 0.15) is 25.3 Å². The van der Waals surface area contributed by atoms with E-state index in [1.807, 2.05) is 31.2 Å². The maximum atomic E-state index is 11.9. The molecule has 0 bridgehead atoms. The zero-order valence-electron chi connectivity index (χ0n) is 12.3. The third-order valence-corrected chi connectivity index (χ3v) is 3.80. The van der Waals surface area contributed by atoms with Crippen molar-refractivity contribution in [3.63, 3.8) is 0 Å². The number of carbonyl (C=O) groups is 2. The SMILES string of the molecule is C=C(C)c1ccc(NC2CCC(=O)NC2=O)c2ncccc12. The van der Waals surface area contributed by atoms with Gasteiger partial charge in [-0.1, -0.05) is 24.3 Å². The van der Waals surface area contributed by atoms with Crippen molar-refractivity contribution < 1.29 is 9.59 Å². The van der Waals surface area contributed by atoms with Gasteiger partial charge in [0.05, 0.1) is 11.2 Å². The Morgan fingerprint density at radius 3 is 2.91 bits per heavy atom. The van der Waals surface area contributed by atoms with Crippen LogP contribution >= 0.6 is 0 Å². The molecule has 5 heteroatoms. The van der Waals surface area contributed by atoms with Crippen molar-refractivity contribution in [2.24, 2.45) is 0 Å². The van der Waals surface area contributed by atoms with E-state index in [9.17, 15) is 9.59 Å². The van der Waals surface area contributed by atoms with Crippen LogP contribution in [0.5, 0.6) is 0 Å². The minimum absolute atomic E-state index is 0.219. The molecule has 2 amide bonds. The molecule has 0 radical (unpaired) electrons. The Morgan fingerprint density at radius 2 is 2.18 bits per heavy atom. The Bertz CT molecular complexity index is 783. The highest BCUT2D eigenvalue weighted by molar-refractivity contribution is 6.03. The molecule has 1 aliphatic rings. The predicted molar refractivity (Wildman–Crippen MR) is 86.2 cm³/mol. The lowest BCUT2D eigenvalue weighted by Gasteiger charge is -2.23. The number of allylic oxidation sites excluding steroid dienone is 1. The number of anilines is 1. The summed E-state index contributed by atoms with van der Waals surface area (Å²) in [7, 11) is 0. The number of rotatable bonds is 3. The first kappa shape index (κ1) is 14.3. The molecular weight excluding hydrogens is 278 g/mol. The van der Waals surface area contributed by atoms with Crippen molar-refractivity contribution in [3.8, 4) is 0 Å². The Labute approximate surface area is 128 Å². The highest BCUT2D eigenvalue weighted by atomic mass is 16.2. The fourth-order valence-corrected chi connectivity index (χ4v) is 2.68. The first-order valence-electron chi connectivity index (χ1n) is 7.20. The van der Waals surface area contributed by atoms with E-state index >= 15 is 0 Å². The molecule has 1 unspecified atom stereocenters. The molecule has 0 saturated carbocycles. The van der Waals surface area contributed by atoms with Gasteiger partial charge in [0.1, 0.15) is 6.04 Å². The largest absolute Gasteiger partial charge is 0.372 e. The van der Waals surface area contributed by atoms with E-state index in [0.29, 0.717) is 12.8 Å². The molecule has 3 rings (SSSR count). The number of nitrogens with one attached hydrogen (secondary N) is 2. The lowest BCUT2D eigenvalue weighted by Crippen LogP contribution is -2.47. The number of imide groups is 1. The highest BCUT2D eigenvalue weighted by Gasteiger charge is 2.26. The van der Waals surface area contributed by atoms with Crippen molar-refractivity contribution in [1.29, 1.82) is 0 Å². The second-order valence-electron chi connectivity index (χ2n) is 5.49. The van der Waals surface area contributed by atoms with Crippen LogP contribution in [0.15, 0.2) is 37.0 Å². The quantitative estimate of drug-likeness (QED) is 0.853. The van der Waals surface area contributed by atoms with Gasteiger partial charge in [0.25, 0.3) is 0 Å². The first-order chi connectivity index (χ1) is 10.6. The van der Waals surface area contributed by atoms with Crippen LogP contribution in [0.2, 0.25) is 0 Å². The van der Waals surface area contributed by atoms with Gasteiger partial charge in [-0.25, -0.2) is 0 Å². The summed E-state index contributed by atoms with van der Waals surface area (Å²) in [5.41, 5.74) is 3.59. The summed E-state index contributed by atoms with van der Waals surface area (Å²) in [5.74, 6) is -0.507. The van der Waals surface area contributed by atoms with E-state index in [1.54, 1.807) is 6.20 Å². The number of nitrogens with zero attached hydrogens (tertiary/aromatic N) is 1. The molecule has 1 fully saturated rings. The summed E-state index contributed by atoms with van der Waals surface area (Å²) >= 11 is 0. The standard InChI is InChI=1S/C17H17N3O2/c1-10(2)11-5-6-13(16-12(11)4-3-9-18-16)19-14-7-8-15(21)20-17(14)22/h3-6,9,14,19H,1,7-8H2,2H3,(H,20,21,22). The summed E-state index contributed by atoms with van der Waals surface area (Å²) in [4.78, 5) is 27.5. The summed E-state index contributed by atoms with van der Waals surface area (Å²) in [6.07, 6.45) is 2.56. The average molecular weight is 295 g/mol. The number of piperidine rings is 1. The van der Waals surface area contributed by atoms with Gasteiger partial charge in [0.15, 0.2) is 0 Å². The minimum Gasteiger partial charge on any atom is -0.372 e. The van der Waals surface area contributed by atoms with Gasteiger partial charge < -0.3 is 5.32 Å². The van der Waals surface area contributed by atoms with Crippen molar-refractivity contribution in [2.75, 3.05) is 5.32 Å². The second kappa shape index (κ2) is 5.60. The van der Waals surface area contributed by atoms with Gasteiger partial charge in [-0.2, -0.15) is 0 Å². The molecule has 1 aromatic carbocycles. The predicted octanol–water partition coefficient (Wildman–Crippen LogP) is 2.49. The number of fused-ring (bicyclic) bond motifs is 1. The summed E-state index contributed by atoms with van der Waals surface area (Å²) in [6.45, 7) is 5.94. The fourth-order valence-electron chi connectivity index (χ4n) is 2.68. The molecule has 2 heterocycles. The molecule has 0 spiro atoms. The van der Waals surface area contributed by atoms with Crippen LogP contribution in [-0.2, 0) is 9.59 Å². The molecule has 1 atom stereocenters. The second-order valence-corrected chi connectivity index (χ2v) is 5.49. The topological polar surface area (TPSA) is 71.1 Å². The molecular formula is C17H17N3O2. The first-order valence-corrected chi connectivity index (χ1v) is 7.20. The van der Waals surface area contributed by atoms with Crippen LogP contribution in [0, 0.1) is 0 Å². The summed E-state index contributed by atoms with van der Waals surface area (Å²) < 4.78 is 0. The molecule has 1 saturated heterocycles. The number of amides is 2. The number of hydrogen-bond donors (Lipinski definition) is 2. The lowest BCUT2D eigenvalue weighted by atomic mass is 10.0. The fraction of sp³-hybridized carbons (Fsp3) is 0.235. The highest BCUT2D eigenvalue weighted by Crippen LogP contribution is 2.29. The van der Waals surface area contributed by atoms with Crippen LogP contribution in [-0.4, -0.2) is 22.8 Å². The van der Waals surface area contributed by atoms with Crippen molar-refractivity contribution in [2.45, 2.75) is 25.8 Å². The number of benzene rings is 1. The Hall–Kier alpha value is -2.69. The molecule has 2 N–H and O–H groups in total. The third-order valence-electron chi connectivity index (χ3n) is 3.80. The van der Waals surface area contributed by atoms with E-state index < -0.39 is 6.04 Å². The van der Waals surface area contributed by atoms with Gasteiger partial charge in [-0.05, 0) is 31.0 Å². The van der Waals surface area contributed by atoms with Crippen LogP contribution in [0.25, 0.3) is 16.5 Å². The van der Waals surface area contributed by atoms with Crippen molar-refractivity contribution in [3.05, 3.63) is 42.6 Å². The number of carbonyl (C=O) groups excluding carboxylic acids is 2. The monoisotopic (exact) mass is 295 g/mol. The lowest BCUT2D eigenvalue weighted by molar-refractivity contribution is -0.133. The Balaban J connectivity index is 1.98. The summed E-state index contributed by atoms with van der Waals surface area (Å²) in [6, 6.07) is 7.33. The Morgan fingerprint density at radius 1 is 1.36 bits per heavy atom. The van der Waals surface area contributed by atoms with E-state index in [0.717, 1.165) is 27.7 Å². The normalized spacial score (nSPS) is 18.1. The number of pyridine rings is 1. The van der Waals surface area contributed by atoms with Gasteiger partial charge in [0, 0.05) is 18.0 Å². The van der Waals surface area contributed by atoms with Gasteiger partial charge in [-0.15, -0.1) is 0 Å². The van der Waals surface area contributed by atoms with Crippen LogP contribution < -0.4 is 10.6 Å². The number of aromatic nitrogens is 1. The molecule has 112 valence electrons. The van der Waals surface area contributed by atoms with E-state index in [4.69, 9.17) is 0 Å². The van der Waals surface area contributed by atoms with Crippen LogP contribution in [0.4, 0.5) is 5.69 Å². The van der Waals surface area contributed by atoms with Crippen molar-refractivity contribution in [1.82, 2.24) is 10.3 Å². The maximum Gasteiger partial charge on any atom is 0.249 e. The summed E-state index contributed by atoms with van der Waals surface area (Å²) in [5, 5.41) is 6.55. The van der Waals surface area contributed by atoms with Crippen molar-refractivity contribution >= 4 is 34.0 Å². The smallest absolute Gasteiger partial charge is 0.249 e. The molecule has 1 aromatic heterocycles. The molecule has 0 aliphatic carbocycles. The Kier molecular flexibility index (Phi) is 3.63. The third kappa shape index (κ3) is 2.57. The zero-order valence-corrected chi connectivity index (χ0v) is 12.3. The van der Waals surface area contributed by atoms with Gasteiger partial charge in [-0.3, -0.25) is 19.9 Å². The van der Waals surface area contributed by atoms with E-state index in [1.165, 1.54) is 0 Å². The number of hydrogen-bond acceptors (Lipinski definition) is 4. The minimum atomic E-state index is -0.418. The van der Waals surface area contributed by atoms with Crippen LogP contribution in [0.3, 0.4) is 0 Å². The zero-order chi connectivity index (χ0) is 15.7. The van der Waals surface area contributed by atoms with Gasteiger partial charge >= 0.3 is 0 Å².